The highest BCUT2D eigenvalue weighted by Gasteiger charge is 2.39. The number of hydrogen-bond donors (Lipinski definition) is 1. The first-order valence-corrected chi connectivity index (χ1v) is 6.91. The Balaban J connectivity index is 2.18. The number of hydrogen-bond acceptors (Lipinski definition) is 1. The summed E-state index contributed by atoms with van der Waals surface area (Å²) < 4.78 is 0. The van der Waals surface area contributed by atoms with E-state index in [-0.39, 0.29) is 0 Å². The van der Waals surface area contributed by atoms with Gasteiger partial charge in [0, 0.05) is 0 Å². The molecule has 98 valence electrons. The van der Waals surface area contributed by atoms with Gasteiger partial charge in [0.15, 0.2) is 0 Å². The molecule has 0 saturated heterocycles. The minimum atomic E-state index is -0.806. The summed E-state index contributed by atoms with van der Waals surface area (Å²) in [5.74, 6) is 0. The summed E-state index contributed by atoms with van der Waals surface area (Å²) in [6.45, 7) is 6.27. The lowest BCUT2D eigenvalue weighted by Gasteiger charge is -2.27. The molecule has 2 aromatic rings. The van der Waals surface area contributed by atoms with Crippen LogP contribution in [0.5, 0.6) is 0 Å². The number of rotatable bonds is 1. The predicted octanol–water partition coefficient (Wildman–Crippen LogP) is 3.79. The van der Waals surface area contributed by atoms with Crippen LogP contribution in [0.3, 0.4) is 0 Å². The quantitative estimate of drug-likeness (QED) is 0.818. The van der Waals surface area contributed by atoms with Crippen LogP contribution in [-0.4, -0.2) is 5.11 Å². The van der Waals surface area contributed by atoms with Crippen LogP contribution in [0, 0.1) is 20.8 Å². The Morgan fingerprint density at radius 1 is 0.895 bits per heavy atom. The monoisotopic (exact) mass is 252 g/mol. The fraction of sp³-hybridized carbons (Fsp3) is 0.333. The first kappa shape index (κ1) is 12.4. The highest BCUT2D eigenvalue weighted by atomic mass is 16.3. The Morgan fingerprint density at radius 2 is 1.58 bits per heavy atom. The van der Waals surface area contributed by atoms with Gasteiger partial charge in [-0.15, -0.1) is 0 Å². The molecule has 19 heavy (non-hydrogen) atoms. The molecule has 0 aliphatic heterocycles. The predicted molar refractivity (Wildman–Crippen MR) is 78.4 cm³/mol. The highest BCUT2D eigenvalue weighted by Crippen LogP contribution is 2.43. The zero-order chi connectivity index (χ0) is 13.6. The average molecular weight is 252 g/mol. The first-order valence-electron chi connectivity index (χ1n) is 6.91. The van der Waals surface area contributed by atoms with Crippen LogP contribution < -0.4 is 0 Å². The molecular weight excluding hydrogens is 232 g/mol. The summed E-state index contributed by atoms with van der Waals surface area (Å²) in [5.41, 5.74) is 6.27. The molecule has 0 spiro atoms. The van der Waals surface area contributed by atoms with E-state index in [4.69, 9.17) is 0 Å². The van der Waals surface area contributed by atoms with Gasteiger partial charge in [-0.2, -0.15) is 0 Å². The largest absolute Gasteiger partial charge is 0.380 e. The van der Waals surface area contributed by atoms with Gasteiger partial charge in [-0.1, -0.05) is 47.5 Å². The lowest BCUT2D eigenvalue weighted by Crippen LogP contribution is -2.25. The number of aliphatic hydroxyl groups is 1. The van der Waals surface area contributed by atoms with Crippen molar-refractivity contribution in [3.8, 4) is 0 Å². The maximum atomic E-state index is 11.2. The van der Waals surface area contributed by atoms with Crippen molar-refractivity contribution in [3.63, 3.8) is 0 Å². The molecule has 0 aromatic heterocycles. The van der Waals surface area contributed by atoms with E-state index in [1.165, 1.54) is 22.3 Å². The van der Waals surface area contributed by atoms with Crippen molar-refractivity contribution in [3.05, 3.63) is 69.8 Å². The Labute approximate surface area is 114 Å². The molecule has 0 heterocycles. The van der Waals surface area contributed by atoms with E-state index in [9.17, 15) is 5.11 Å². The molecule has 1 nitrogen and oxygen atoms in total. The van der Waals surface area contributed by atoms with Crippen molar-refractivity contribution in [1.29, 1.82) is 0 Å². The molecule has 1 heteroatoms. The Kier molecular flexibility index (Phi) is 2.75. The van der Waals surface area contributed by atoms with Gasteiger partial charge >= 0.3 is 0 Å². The van der Waals surface area contributed by atoms with Crippen LogP contribution in [0.25, 0.3) is 0 Å². The van der Waals surface area contributed by atoms with Gasteiger partial charge in [0.25, 0.3) is 0 Å². The van der Waals surface area contributed by atoms with E-state index >= 15 is 0 Å². The lowest BCUT2D eigenvalue weighted by atomic mass is 9.84. The van der Waals surface area contributed by atoms with E-state index < -0.39 is 5.60 Å². The van der Waals surface area contributed by atoms with Crippen LogP contribution >= 0.6 is 0 Å². The van der Waals surface area contributed by atoms with Crippen LogP contribution in [0.15, 0.2) is 36.4 Å². The molecule has 1 unspecified atom stereocenters. The Morgan fingerprint density at radius 3 is 2.32 bits per heavy atom. The van der Waals surface area contributed by atoms with Crippen LogP contribution in [-0.2, 0) is 12.0 Å². The maximum absolute atomic E-state index is 11.2. The number of benzene rings is 2. The molecule has 1 N–H and O–H groups in total. The molecule has 0 radical (unpaired) electrons. The third-order valence-corrected chi connectivity index (χ3v) is 4.29. The summed E-state index contributed by atoms with van der Waals surface area (Å²) in [6.07, 6.45) is 1.75. The molecule has 0 saturated carbocycles. The number of fused-ring (bicyclic) bond motifs is 1. The second kappa shape index (κ2) is 4.21. The van der Waals surface area contributed by atoms with Crippen LogP contribution in [0.2, 0.25) is 0 Å². The molecule has 0 bridgehead atoms. The third-order valence-electron chi connectivity index (χ3n) is 4.29. The maximum Gasteiger partial charge on any atom is 0.115 e. The standard InChI is InChI=1S/C18H20O/c1-12-5-7-16(14(3)10-12)18(19)9-8-15-6-4-13(2)11-17(15)18/h4-7,10-11,19H,8-9H2,1-3H3. The van der Waals surface area contributed by atoms with Crippen LogP contribution in [0.1, 0.15) is 39.8 Å². The second-order valence-corrected chi connectivity index (χ2v) is 5.84. The zero-order valence-electron chi connectivity index (χ0n) is 11.8. The second-order valence-electron chi connectivity index (χ2n) is 5.84. The first-order chi connectivity index (χ1) is 9.00. The van der Waals surface area contributed by atoms with Crippen LogP contribution in [0.4, 0.5) is 0 Å². The fourth-order valence-electron chi connectivity index (χ4n) is 3.30. The van der Waals surface area contributed by atoms with E-state index in [0.29, 0.717) is 0 Å². The summed E-state index contributed by atoms with van der Waals surface area (Å²) >= 11 is 0. The van der Waals surface area contributed by atoms with Gasteiger partial charge in [0.1, 0.15) is 5.60 Å². The molecule has 1 atom stereocenters. The molecule has 0 fully saturated rings. The van der Waals surface area contributed by atoms with Crippen molar-refractivity contribution in [2.24, 2.45) is 0 Å². The normalized spacial score (nSPS) is 21.5. The Hall–Kier alpha value is -1.60. The van der Waals surface area contributed by atoms with Gasteiger partial charge in [0.05, 0.1) is 0 Å². The van der Waals surface area contributed by atoms with Gasteiger partial charge < -0.3 is 5.11 Å². The number of aryl methyl sites for hydroxylation is 4. The van der Waals surface area contributed by atoms with E-state index in [2.05, 4.69) is 57.2 Å². The molecular formula is C18H20O. The molecule has 1 aliphatic carbocycles. The summed E-state index contributed by atoms with van der Waals surface area (Å²) in [4.78, 5) is 0. The smallest absolute Gasteiger partial charge is 0.115 e. The van der Waals surface area contributed by atoms with Gasteiger partial charge in [0.2, 0.25) is 0 Å². The molecule has 2 aromatic carbocycles. The minimum Gasteiger partial charge on any atom is -0.380 e. The van der Waals surface area contributed by atoms with Gasteiger partial charge in [-0.05, 0) is 55.9 Å². The Bertz CT molecular complexity index is 642. The van der Waals surface area contributed by atoms with Gasteiger partial charge in [-0.3, -0.25) is 0 Å². The SMILES string of the molecule is Cc1ccc(C2(O)CCc3ccc(C)cc32)c(C)c1. The highest BCUT2D eigenvalue weighted by molar-refractivity contribution is 5.49. The zero-order valence-corrected chi connectivity index (χ0v) is 11.8. The summed E-state index contributed by atoms with van der Waals surface area (Å²) in [6, 6.07) is 12.8. The molecule has 3 rings (SSSR count). The minimum absolute atomic E-state index is 0.787. The average Bonchev–Trinajstić information content (AvgIpc) is 2.68. The van der Waals surface area contributed by atoms with E-state index in [0.717, 1.165) is 24.0 Å². The topological polar surface area (TPSA) is 20.2 Å². The summed E-state index contributed by atoms with van der Waals surface area (Å²) in [5, 5.41) is 11.2. The van der Waals surface area contributed by atoms with Crippen molar-refractivity contribution in [2.45, 2.75) is 39.2 Å². The van der Waals surface area contributed by atoms with Crippen molar-refractivity contribution >= 4 is 0 Å². The van der Waals surface area contributed by atoms with Crippen molar-refractivity contribution < 1.29 is 5.11 Å². The van der Waals surface area contributed by atoms with E-state index in [1.807, 2.05) is 0 Å². The fourth-order valence-corrected chi connectivity index (χ4v) is 3.30. The van der Waals surface area contributed by atoms with E-state index in [1.54, 1.807) is 0 Å². The van der Waals surface area contributed by atoms with Crippen molar-refractivity contribution in [1.82, 2.24) is 0 Å². The third kappa shape index (κ3) is 1.89. The van der Waals surface area contributed by atoms with Gasteiger partial charge in [-0.25, -0.2) is 0 Å². The lowest BCUT2D eigenvalue weighted by molar-refractivity contribution is 0.0822. The molecule has 0 amide bonds. The summed E-state index contributed by atoms with van der Waals surface area (Å²) in [7, 11) is 0. The molecule has 1 aliphatic rings. The van der Waals surface area contributed by atoms with Crippen molar-refractivity contribution in [2.75, 3.05) is 0 Å².